The number of nitrogens with two attached hydrogens (primary N) is 1. The highest BCUT2D eigenvalue weighted by Crippen LogP contribution is 2.23. The van der Waals surface area contributed by atoms with E-state index in [2.05, 4.69) is 22.2 Å². The summed E-state index contributed by atoms with van der Waals surface area (Å²) in [5.74, 6) is 1.34. The Morgan fingerprint density at radius 1 is 1.53 bits per heavy atom. The minimum atomic E-state index is -0.362. The Kier molecular flexibility index (Phi) is 6.35. The largest absolute Gasteiger partial charge is 0.491 e. The molecule has 0 aromatic carbocycles. The van der Waals surface area contributed by atoms with Gasteiger partial charge in [0, 0.05) is 6.04 Å². The van der Waals surface area contributed by atoms with E-state index in [1.54, 1.807) is 20.2 Å². The summed E-state index contributed by atoms with van der Waals surface area (Å²) >= 11 is 0. The van der Waals surface area contributed by atoms with Gasteiger partial charge in [-0.2, -0.15) is 4.98 Å². The van der Waals surface area contributed by atoms with Gasteiger partial charge in [-0.15, -0.1) is 0 Å². The van der Waals surface area contributed by atoms with E-state index in [1.807, 2.05) is 0 Å². The maximum atomic E-state index is 9.55. The molecule has 0 saturated carbocycles. The lowest BCUT2D eigenvalue weighted by Gasteiger charge is -2.21. The van der Waals surface area contributed by atoms with Crippen LogP contribution in [0.1, 0.15) is 39.5 Å². The van der Waals surface area contributed by atoms with Crippen molar-refractivity contribution >= 4 is 11.8 Å². The predicted molar refractivity (Wildman–Crippen MR) is 76.2 cm³/mol. The van der Waals surface area contributed by atoms with Gasteiger partial charge in [0.25, 0.3) is 0 Å². The predicted octanol–water partition coefficient (Wildman–Crippen LogP) is 1.81. The van der Waals surface area contributed by atoms with Gasteiger partial charge in [0.2, 0.25) is 5.95 Å². The van der Waals surface area contributed by atoms with Crippen LogP contribution >= 0.6 is 0 Å². The molecule has 0 bridgehead atoms. The maximum Gasteiger partial charge on any atom is 0.222 e. The molecule has 0 amide bonds. The van der Waals surface area contributed by atoms with Crippen LogP contribution in [0.5, 0.6) is 5.75 Å². The lowest BCUT2D eigenvalue weighted by molar-refractivity contribution is 0.175. The second kappa shape index (κ2) is 7.78. The Morgan fingerprint density at radius 3 is 2.84 bits per heavy atom. The Hall–Kier alpha value is -1.56. The molecular formula is C13H24N4O2. The SMILES string of the molecule is CCCC[C@@H](C[C@@H](C)O)Nc1nc(N)ncc1OC. The van der Waals surface area contributed by atoms with Crippen LogP contribution < -0.4 is 15.8 Å². The standard InChI is InChI=1S/C13H24N4O2/c1-4-5-6-10(7-9(2)18)16-12-11(19-3)8-15-13(14)17-12/h8-10,18H,4-7H2,1-3H3,(H3,14,15,16,17)/t9-,10+/m1/s1. The third-order valence-corrected chi connectivity index (χ3v) is 2.87. The number of anilines is 2. The lowest BCUT2D eigenvalue weighted by atomic mass is 10.0. The number of unbranched alkanes of at least 4 members (excludes halogenated alkanes) is 1. The molecule has 1 aromatic rings. The zero-order chi connectivity index (χ0) is 14.3. The molecule has 19 heavy (non-hydrogen) atoms. The van der Waals surface area contributed by atoms with Crippen molar-refractivity contribution < 1.29 is 9.84 Å². The van der Waals surface area contributed by atoms with Crippen molar-refractivity contribution in [3.63, 3.8) is 0 Å². The van der Waals surface area contributed by atoms with Gasteiger partial charge in [-0.1, -0.05) is 19.8 Å². The molecule has 1 heterocycles. The van der Waals surface area contributed by atoms with Crippen LogP contribution in [0.15, 0.2) is 6.20 Å². The Morgan fingerprint density at radius 2 is 2.26 bits per heavy atom. The van der Waals surface area contributed by atoms with E-state index < -0.39 is 0 Å². The molecule has 108 valence electrons. The van der Waals surface area contributed by atoms with E-state index >= 15 is 0 Å². The minimum absolute atomic E-state index is 0.142. The lowest BCUT2D eigenvalue weighted by Crippen LogP contribution is -2.25. The van der Waals surface area contributed by atoms with Crippen molar-refractivity contribution in [3.05, 3.63) is 6.20 Å². The van der Waals surface area contributed by atoms with Gasteiger partial charge < -0.3 is 20.9 Å². The molecule has 0 aliphatic heterocycles. The number of rotatable bonds is 8. The molecule has 0 unspecified atom stereocenters. The first-order valence-electron chi connectivity index (χ1n) is 6.67. The molecule has 0 radical (unpaired) electrons. The van der Waals surface area contributed by atoms with E-state index in [1.165, 1.54) is 0 Å². The topological polar surface area (TPSA) is 93.3 Å². The Balaban J connectivity index is 2.78. The normalized spacial score (nSPS) is 13.9. The minimum Gasteiger partial charge on any atom is -0.491 e. The molecule has 0 fully saturated rings. The van der Waals surface area contributed by atoms with Crippen molar-refractivity contribution in [3.8, 4) is 5.75 Å². The van der Waals surface area contributed by atoms with Crippen LogP contribution in [0.4, 0.5) is 11.8 Å². The van der Waals surface area contributed by atoms with Crippen LogP contribution in [0.2, 0.25) is 0 Å². The highest BCUT2D eigenvalue weighted by atomic mass is 16.5. The van der Waals surface area contributed by atoms with E-state index in [9.17, 15) is 5.11 Å². The van der Waals surface area contributed by atoms with Gasteiger partial charge in [-0.05, 0) is 19.8 Å². The molecule has 4 N–H and O–H groups in total. The van der Waals surface area contributed by atoms with E-state index in [0.29, 0.717) is 18.0 Å². The highest BCUT2D eigenvalue weighted by Gasteiger charge is 2.15. The molecule has 2 atom stereocenters. The van der Waals surface area contributed by atoms with Crippen molar-refractivity contribution in [2.45, 2.75) is 51.7 Å². The summed E-state index contributed by atoms with van der Waals surface area (Å²) in [4.78, 5) is 8.04. The third-order valence-electron chi connectivity index (χ3n) is 2.87. The molecular weight excluding hydrogens is 244 g/mol. The van der Waals surface area contributed by atoms with Crippen LogP contribution in [-0.4, -0.2) is 34.3 Å². The molecule has 1 rings (SSSR count). The van der Waals surface area contributed by atoms with Gasteiger partial charge in [0.05, 0.1) is 19.4 Å². The number of nitrogen functional groups attached to an aromatic ring is 1. The number of aromatic nitrogens is 2. The molecule has 6 heteroatoms. The molecule has 0 aliphatic rings. The van der Waals surface area contributed by atoms with E-state index in [-0.39, 0.29) is 18.1 Å². The number of hydrogen-bond donors (Lipinski definition) is 3. The van der Waals surface area contributed by atoms with Gasteiger partial charge in [0.15, 0.2) is 11.6 Å². The fourth-order valence-corrected chi connectivity index (χ4v) is 1.94. The first kappa shape index (κ1) is 15.5. The van der Waals surface area contributed by atoms with Crippen LogP contribution in [0.3, 0.4) is 0 Å². The number of aliphatic hydroxyl groups is 1. The number of aliphatic hydroxyl groups excluding tert-OH is 1. The van der Waals surface area contributed by atoms with Crippen LogP contribution in [-0.2, 0) is 0 Å². The molecule has 0 spiro atoms. The van der Waals surface area contributed by atoms with Crippen molar-refractivity contribution in [2.75, 3.05) is 18.2 Å². The average molecular weight is 268 g/mol. The van der Waals surface area contributed by atoms with E-state index in [0.717, 1.165) is 19.3 Å². The third kappa shape index (κ3) is 5.30. The fraction of sp³-hybridized carbons (Fsp3) is 0.692. The van der Waals surface area contributed by atoms with Gasteiger partial charge in [-0.3, -0.25) is 0 Å². The van der Waals surface area contributed by atoms with Crippen molar-refractivity contribution in [2.24, 2.45) is 0 Å². The van der Waals surface area contributed by atoms with E-state index in [4.69, 9.17) is 10.5 Å². The van der Waals surface area contributed by atoms with Gasteiger partial charge >= 0.3 is 0 Å². The summed E-state index contributed by atoms with van der Waals surface area (Å²) in [7, 11) is 1.57. The molecule has 0 aliphatic carbocycles. The number of hydrogen-bond acceptors (Lipinski definition) is 6. The highest BCUT2D eigenvalue weighted by molar-refractivity contribution is 5.51. The first-order chi connectivity index (χ1) is 9.06. The number of ether oxygens (including phenoxy) is 1. The second-order valence-electron chi connectivity index (χ2n) is 4.71. The molecule has 1 aromatic heterocycles. The summed E-state index contributed by atoms with van der Waals surface area (Å²) in [5, 5.41) is 12.8. The zero-order valence-electron chi connectivity index (χ0n) is 11.9. The van der Waals surface area contributed by atoms with Gasteiger partial charge in [-0.25, -0.2) is 4.98 Å². The smallest absolute Gasteiger partial charge is 0.222 e. The average Bonchev–Trinajstić information content (AvgIpc) is 2.35. The zero-order valence-corrected chi connectivity index (χ0v) is 11.9. The quantitative estimate of drug-likeness (QED) is 0.666. The Labute approximate surface area is 114 Å². The van der Waals surface area contributed by atoms with Crippen molar-refractivity contribution in [1.82, 2.24) is 9.97 Å². The number of nitrogens with one attached hydrogen (secondary N) is 1. The number of methoxy groups -OCH3 is 1. The van der Waals surface area contributed by atoms with Crippen LogP contribution in [0.25, 0.3) is 0 Å². The summed E-state index contributed by atoms with van der Waals surface area (Å²) in [6, 6.07) is 0.142. The molecule has 0 saturated heterocycles. The first-order valence-corrected chi connectivity index (χ1v) is 6.67. The second-order valence-corrected chi connectivity index (χ2v) is 4.71. The maximum absolute atomic E-state index is 9.55. The fourth-order valence-electron chi connectivity index (χ4n) is 1.94. The van der Waals surface area contributed by atoms with Crippen molar-refractivity contribution in [1.29, 1.82) is 0 Å². The summed E-state index contributed by atoms with van der Waals surface area (Å²) in [6.45, 7) is 3.93. The van der Waals surface area contributed by atoms with Crippen LogP contribution in [0, 0.1) is 0 Å². The summed E-state index contributed by atoms with van der Waals surface area (Å²) < 4.78 is 5.21. The summed E-state index contributed by atoms with van der Waals surface area (Å²) in [5.41, 5.74) is 5.59. The van der Waals surface area contributed by atoms with Gasteiger partial charge in [0.1, 0.15) is 0 Å². The monoisotopic (exact) mass is 268 g/mol. The molecule has 6 nitrogen and oxygen atoms in total. The Bertz CT molecular complexity index is 385. The number of nitrogens with zero attached hydrogens (tertiary/aromatic N) is 2. The summed E-state index contributed by atoms with van der Waals surface area (Å²) in [6.07, 6.45) is 5.01.